The Morgan fingerprint density at radius 2 is 1.68 bits per heavy atom. The van der Waals surface area contributed by atoms with Gasteiger partial charge in [-0.3, -0.25) is 4.79 Å². The summed E-state index contributed by atoms with van der Waals surface area (Å²) in [5, 5.41) is 2.23. The molecular formula is C24H28N2O2. The van der Waals surface area contributed by atoms with Gasteiger partial charge in [0.05, 0.1) is 0 Å². The van der Waals surface area contributed by atoms with Gasteiger partial charge in [0.2, 0.25) is 0 Å². The number of fused-ring (bicyclic) bond motifs is 1. The number of carbonyl (C=O) groups is 1. The third-order valence-electron chi connectivity index (χ3n) is 5.04. The van der Waals surface area contributed by atoms with Gasteiger partial charge in [-0.25, -0.2) is 0 Å². The van der Waals surface area contributed by atoms with Gasteiger partial charge in [-0.1, -0.05) is 42.5 Å². The SMILES string of the molecule is CCN(C)C(=O)C(C)Oc1ccc2ccc(-c3ccc(CCN)cc3)cc2c1. The van der Waals surface area contributed by atoms with E-state index < -0.39 is 6.10 Å². The molecule has 0 saturated heterocycles. The number of ether oxygens (including phenoxy) is 1. The molecule has 0 radical (unpaired) electrons. The number of benzene rings is 3. The molecule has 0 saturated carbocycles. The maximum Gasteiger partial charge on any atom is 0.263 e. The number of carbonyl (C=O) groups excluding carboxylic acids is 1. The van der Waals surface area contributed by atoms with Gasteiger partial charge >= 0.3 is 0 Å². The molecule has 146 valence electrons. The number of hydrogen-bond donors (Lipinski definition) is 1. The quantitative estimate of drug-likeness (QED) is 0.670. The Balaban J connectivity index is 1.84. The van der Waals surface area contributed by atoms with Gasteiger partial charge in [0.25, 0.3) is 5.91 Å². The molecule has 1 amide bonds. The van der Waals surface area contributed by atoms with Crippen molar-refractivity contribution in [2.24, 2.45) is 5.73 Å². The fraction of sp³-hybridized carbons (Fsp3) is 0.292. The molecule has 0 spiro atoms. The predicted octanol–water partition coefficient (Wildman–Crippen LogP) is 4.25. The lowest BCUT2D eigenvalue weighted by atomic mass is 9.99. The van der Waals surface area contributed by atoms with Crippen molar-refractivity contribution < 1.29 is 9.53 Å². The van der Waals surface area contributed by atoms with Crippen LogP contribution in [0.2, 0.25) is 0 Å². The van der Waals surface area contributed by atoms with Crippen LogP contribution in [0.25, 0.3) is 21.9 Å². The minimum Gasteiger partial charge on any atom is -0.481 e. The molecule has 0 fully saturated rings. The zero-order valence-electron chi connectivity index (χ0n) is 16.8. The summed E-state index contributed by atoms with van der Waals surface area (Å²) in [6.07, 6.45) is 0.378. The molecule has 1 atom stereocenters. The average Bonchev–Trinajstić information content (AvgIpc) is 2.72. The minimum atomic E-state index is -0.513. The van der Waals surface area contributed by atoms with Crippen molar-refractivity contribution in [1.82, 2.24) is 4.90 Å². The van der Waals surface area contributed by atoms with Crippen molar-refractivity contribution in [3.8, 4) is 16.9 Å². The molecule has 2 N–H and O–H groups in total. The van der Waals surface area contributed by atoms with Crippen LogP contribution in [-0.4, -0.2) is 37.0 Å². The van der Waals surface area contributed by atoms with E-state index in [0.717, 1.165) is 22.8 Å². The van der Waals surface area contributed by atoms with Crippen LogP contribution in [0.15, 0.2) is 60.7 Å². The highest BCUT2D eigenvalue weighted by Crippen LogP contribution is 2.28. The van der Waals surface area contributed by atoms with Crippen LogP contribution in [0.4, 0.5) is 0 Å². The molecule has 0 heterocycles. The molecular weight excluding hydrogens is 348 g/mol. The van der Waals surface area contributed by atoms with E-state index in [9.17, 15) is 4.79 Å². The van der Waals surface area contributed by atoms with Crippen molar-refractivity contribution in [1.29, 1.82) is 0 Å². The molecule has 28 heavy (non-hydrogen) atoms. The van der Waals surface area contributed by atoms with Crippen LogP contribution in [0.5, 0.6) is 5.75 Å². The first kappa shape index (κ1) is 19.9. The van der Waals surface area contributed by atoms with Crippen LogP contribution in [0.1, 0.15) is 19.4 Å². The monoisotopic (exact) mass is 376 g/mol. The Bertz CT molecular complexity index is 950. The summed E-state index contributed by atoms with van der Waals surface area (Å²) in [6, 6.07) is 20.9. The summed E-state index contributed by atoms with van der Waals surface area (Å²) in [5.41, 5.74) is 9.20. The van der Waals surface area contributed by atoms with E-state index in [1.807, 2.05) is 25.1 Å². The fourth-order valence-electron chi connectivity index (χ4n) is 3.23. The molecule has 0 bridgehead atoms. The van der Waals surface area contributed by atoms with E-state index in [1.165, 1.54) is 11.1 Å². The standard InChI is InChI=1S/C24H28N2O2/c1-4-26(3)24(27)17(2)28-23-12-11-20-9-10-21(15-22(20)16-23)19-7-5-18(6-8-19)13-14-25/h5-12,15-17H,4,13-14,25H2,1-3H3. The van der Waals surface area contributed by atoms with Crippen LogP contribution >= 0.6 is 0 Å². The highest BCUT2D eigenvalue weighted by Gasteiger charge is 2.18. The number of nitrogens with zero attached hydrogens (tertiary/aromatic N) is 1. The summed E-state index contributed by atoms with van der Waals surface area (Å²) in [5.74, 6) is 0.683. The summed E-state index contributed by atoms with van der Waals surface area (Å²) in [7, 11) is 1.79. The number of hydrogen-bond acceptors (Lipinski definition) is 3. The van der Waals surface area contributed by atoms with Crippen molar-refractivity contribution >= 4 is 16.7 Å². The number of likely N-dealkylation sites (N-methyl/N-ethyl adjacent to an activating group) is 1. The van der Waals surface area contributed by atoms with Crippen molar-refractivity contribution in [3.05, 3.63) is 66.2 Å². The van der Waals surface area contributed by atoms with E-state index in [-0.39, 0.29) is 5.91 Å². The first-order valence-electron chi connectivity index (χ1n) is 9.76. The third kappa shape index (κ3) is 4.52. The van der Waals surface area contributed by atoms with Gasteiger partial charge in [0.15, 0.2) is 6.10 Å². The van der Waals surface area contributed by atoms with Crippen molar-refractivity contribution in [3.63, 3.8) is 0 Å². The van der Waals surface area contributed by atoms with E-state index >= 15 is 0 Å². The van der Waals surface area contributed by atoms with Gasteiger partial charge in [0, 0.05) is 13.6 Å². The summed E-state index contributed by atoms with van der Waals surface area (Å²) in [6.45, 7) is 5.06. The molecule has 0 aromatic heterocycles. The number of amides is 1. The van der Waals surface area contributed by atoms with Gasteiger partial charge in [-0.05, 0) is 72.5 Å². The zero-order chi connectivity index (χ0) is 20.1. The summed E-state index contributed by atoms with van der Waals surface area (Å²) < 4.78 is 5.89. The minimum absolute atomic E-state index is 0.0195. The number of nitrogens with two attached hydrogens (primary N) is 1. The van der Waals surface area contributed by atoms with Crippen LogP contribution in [0.3, 0.4) is 0 Å². The lowest BCUT2D eigenvalue weighted by molar-refractivity contribution is -0.136. The average molecular weight is 377 g/mol. The van der Waals surface area contributed by atoms with E-state index in [2.05, 4.69) is 42.5 Å². The van der Waals surface area contributed by atoms with Gasteiger partial charge < -0.3 is 15.4 Å². The maximum absolute atomic E-state index is 12.2. The smallest absolute Gasteiger partial charge is 0.263 e. The summed E-state index contributed by atoms with van der Waals surface area (Å²) in [4.78, 5) is 13.9. The Morgan fingerprint density at radius 1 is 1.00 bits per heavy atom. The maximum atomic E-state index is 12.2. The summed E-state index contributed by atoms with van der Waals surface area (Å²) >= 11 is 0. The second-order valence-corrected chi connectivity index (χ2v) is 7.07. The fourth-order valence-corrected chi connectivity index (χ4v) is 3.23. The Hall–Kier alpha value is -2.85. The lowest BCUT2D eigenvalue weighted by Crippen LogP contribution is -2.37. The second kappa shape index (κ2) is 8.89. The Morgan fingerprint density at radius 3 is 2.36 bits per heavy atom. The highest BCUT2D eigenvalue weighted by atomic mass is 16.5. The third-order valence-corrected chi connectivity index (χ3v) is 5.04. The lowest BCUT2D eigenvalue weighted by Gasteiger charge is -2.20. The van der Waals surface area contributed by atoms with Crippen molar-refractivity contribution in [2.75, 3.05) is 20.1 Å². The molecule has 1 unspecified atom stereocenters. The Kier molecular flexibility index (Phi) is 6.32. The molecule has 3 aromatic carbocycles. The van der Waals surface area contributed by atoms with E-state index in [0.29, 0.717) is 18.8 Å². The van der Waals surface area contributed by atoms with Gasteiger partial charge in [0.1, 0.15) is 5.75 Å². The molecule has 3 aromatic rings. The molecule has 0 aliphatic carbocycles. The van der Waals surface area contributed by atoms with E-state index in [4.69, 9.17) is 10.5 Å². The Labute approximate surface area is 166 Å². The number of rotatable bonds is 7. The van der Waals surface area contributed by atoms with Gasteiger partial charge in [-0.15, -0.1) is 0 Å². The molecule has 4 nitrogen and oxygen atoms in total. The molecule has 0 aliphatic rings. The van der Waals surface area contributed by atoms with Crippen LogP contribution in [-0.2, 0) is 11.2 Å². The van der Waals surface area contributed by atoms with Crippen LogP contribution < -0.4 is 10.5 Å². The van der Waals surface area contributed by atoms with E-state index in [1.54, 1.807) is 18.9 Å². The topological polar surface area (TPSA) is 55.6 Å². The normalized spacial score (nSPS) is 12.0. The molecule has 3 rings (SSSR count). The molecule has 0 aliphatic heterocycles. The predicted molar refractivity (Wildman–Crippen MR) is 116 cm³/mol. The molecule has 4 heteroatoms. The first-order chi connectivity index (χ1) is 13.5. The largest absolute Gasteiger partial charge is 0.481 e. The zero-order valence-corrected chi connectivity index (χ0v) is 16.8. The van der Waals surface area contributed by atoms with Crippen LogP contribution in [0, 0.1) is 0 Å². The first-order valence-corrected chi connectivity index (χ1v) is 9.76. The highest BCUT2D eigenvalue weighted by molar-refractivity contribution is 5.88. The second-order valence-electron chi connectivity index (χ2n) is 7.07. The van der Waals surface area contributed by atoms with Gasteiger partial charge in [-0.2, -0.15) is 0 Å². The van der Waals surface area contributed by atoms with Crippen molar-refractivity contribution in [2.45, 2.75) is 26.4 Å².